The molecule has 17 heteroatoms. The van der Waals surface area contributed by atoms with Crippen molar-refractivity contribution in [2.24, 2.45) is 11.7 Å². The summed E-state index contributed by atoms with van der Waals surface area (Å²) in [5.74, 6) is -1.52. The zero-order valence-electron chi connectivity index (χ0n) is 23.8. The second-order valence-corrected chi connectivity index (χ2v) is 12.1. The normalized spacial score (nSPS) is 17.1. The zero-order chi connectivity index (χ0) is 30.6. The molecule has 0 amide bonds. The molecule has 2 aromatic heterocycles. The number of ether oxygens (including phenoxy) is 2. The van der Waals surface area contributed by atoms with Gasteiger partial charge < -0.3 is 20.5 Å². The van der Waals surface area contributed by atoms with E-state index in [1.165, 1.54) is 16.8 Å². The maximum absolute atomic E-state index is 15.8. The Bertz CT molecular complexity index is 1630. The van der Waals surface area contributed by atoms with Gasteiger partial charge in [-0.05, 0) is 43.4 Å². The molecule has 5 rings (SSSR count). The summed E-state index contributed by atoms with van der Waals surface area (Å²) in [4.78, 5) is 22.6. The number of fused-ring (bicyclic) bond motifs is 1. The van der Waals surface area contributed by atoms with E-state index in [9.17, 15) is 17.6 Å². The second-order valence-electron chi connectivity index (χ2n) is 10.5. The molecule has 0 unspecified atom stereocenters. The lowest BCUT2D eigenvalue weighted by Gasteiger charge is -2.19. The number of hydrogen-bond acceptors (Lipinski definition) is 9. The summed E-state index contributed by atoms with van der Waals surface area (Å²) < 4.78 is 85.2. The molecule has 0 spiro atoms. The molecule has 3 heterocycles. The molecule has 1 saturated carbocycles. The molecule has 4 N–H and O–H groups in total. The molecule has 12 nitrogen and oxygen atoms in total. The van der Waals surface area contributed by atoms with Gasteiger partial charge in [0.1, 0.15) is 17.6 Å². The molecule has 2 aliphatic rings. The Kier molecular flexibility index (Phi) is 11.4. The summed E-state index contributed by atoms with van der Waals surface area (Å²) in [6.45, 7) is 1.57. The van der Waals surface area contributed by atoms with E-state index in [-0.39, 0.29) is 62.9 Å². The first-order valence-electron chi connectivity index (χ1n) is 14.1. The average molecular weight is 662 g/mol. The van der Waals surface area contributed by atoms with Gasteiger partial charge in [0, 0.05) is 37.8 Å². The van der Waals surface area contributed by atoms with Crippen LogP contribution >= 0.6 is 12.4 Å². The van der Waals surface area contributed by atoms with E-state index in [0.717, 1.165) is 29.3 Å². The number of nitrogens with one attached hydrogen (secondary N) is 2. The number of anilines is 2. The fourth-order valence-corrected chi connectivity index (χ4v) is 6.01. The van der Waals surface area contributed by atoms with Crippen LogP contribution in [0.4, 0.5) is 24.8 Å². The summed E-state index contributed by atoms with van der Waals surface area (Å²) in [6, 6.07) is 3.04. The van der Waals surface area contributed by atoms with Crippen molar-refractivity contribution in [3.05, 3.63) is 46.4 Å². The number of hydrogen-bond donors (Lipinski definition) is 3. The lowest BCUT2D eigenvalue weighted by Crippen LogP contribution is -2.34. The third-order valence-electron chi connectivity index (χ3n) is 7.20. The fraction of sp³-hybridized carbons (Fsp3) is 0.519. The molecule has 1 aromatic carbocycles. The summed E-state index contributed by atoms with van der Waals surface area (Å²) >= 11 is 0. The predicted octanol–water partition coefficient (Wildman–Crippen LogP) is 2.67. The van der Waals surface area contributed by atoms with E-state index in [4.69, 9.17) is 15.2 Å². The maximum Gasteiger partial charge on any atom is 0.301 e. The first-order chi connectivity index (χ1) is 20.7. The van der Waals surface area contributed by atoms with Gasteiger partial charge in [-0.25, -0.2) is 18.2 Å². The average Bonchev–Trinajstić information content (AvgIpc) is 3.71. The van der Waals surface area contributed by atoms with Crippen molar-refractivity contribution in [3.8, 4) is 11.1 Å². The highest BCUT2D eigenvalue weighted by Gasteiger charge is 2.32. The Morgan fingerprint density at radius 3 is 2.52 bits per heavy atom. The van der Waals surface area contributed by atoms with Crippen LogP contribution in [-0.2, 0) is 26.2 Å². The Morgan fingerprint density at radius 1 is 1.09 bits per heavy atom. The fourth-order valence-electron chi connectivity index (χ4n) is 4.74. The van der Waals surface area contributed by atoms with Crippen LogP contribution in [0.25, 0.3) is 22.2 Å². The summed E-state index contributed by atoms with van der Waals surface area (Å²) in [6.07, 6.45) is 2.35. The Balaban J connectivity index is 0.00000442. The summed E-state index contributed by atoms with van der Waals surface area (Å²) in [5, 5.41) is 3.48. The molecule has 1 aliphatic carbocycles. The number of rotatable bonds is 15. The standard InChI is InChI=1S/C27H34F3N7O5S.ClH/c28-19-5-7-36(16-19)43(39,40)35-22-4-3-21(29)23(24(22)30)20-13-18-15-33-27(32-14-17-1-2-17)34-25(18)37(26(20)38)8-10-42-12-11-41-9-6-31;/h3-4,13,15,17,19,35H,1-2,5-12,14,16,31H2,(H,32,33,34);1H/t19-;/m1./s1. The monoisotopic (exact) mass is 661 g/mol. The van der Waals surface area contributed by atoms with Crippen molar-refractivity contribution in [2.45, 2.75) is 32.0 Å². The van der Waals surface area contributed by atoms with E-state index in [0.29, 0.717) is 43.6 Å². The molecule has 44 heavy (non-hydrogen) atoms. The Hall–Kier alpha value is -3.02. The molecule has 1 aliphatic heterocycles. The maximum atomic E-state index is 15.8. The van der Waals surface area contributed by atoms with E-state index in [1.54, 1.807) is 0 Å². The van der Waals surface area contributed by atoms with Crippen molar-refractivity contribution in [1.82, 2.24) is 18.8 Å². The number of nitrogens with two attached hydrogens (primary N) is 1. The molecule has 242 valence electrons. The number of alkyl halides is 1. The van der Waals surface area contributed by atoms with Crippen molar-refractivity contribution in [2.75, 3.05) is 62.6 Å². The number of aromatic nitrogens is 3. The van der Waals surface area contributed by atoms with Gasteiger partial charge in [-0.3, -0.25) is 14.1 Å². The van der Waals surface area contributed by atoms with Gasteiger partial charge in [0.2, 0.25) is 5.95 Å². The minimum absolute atomic E-state index is 0. The summed E-state index contributed by atoms with van der Waals surface area (Å²) in [7, 11) is -4.33. The first kappa shape index (κ1) is 33.9. The molecule has 0 bridgehead atoms. The Labute approximate surface area is 258 Å². The highest BCUT2D eigenvalue weighted by molar-refractivity contribution is 7.90. The van der Waals surface area contributed by atoms with Crippen LogP contribution in [0.5, 0.6) is 0 Å². The third kappa shape index (κ3) is 7.97. The highest BCUT2D eigenvalue weighted by Crippen LogP contribution is 2.32. The number of halogens is 4. The van der Waals surface area contributed by atoms with Crippen molar-refractivity contribution >= 4 is 45.3 Å². The molecule has 1 saturated heterocycles. The quantitative estimate of drug-likeness (QED) is 0.209. The first-order valence-corrected chi connectivity index (χ1v) is 15.5. The van der Waals surface area contributed by atoms with E-state index in [2.05, 4.69) is 20.0 Å². The van der Waals surface area contributed by atoms with E-state index >= 15 is 8.78 Å². The van der Waals surface area contributed by atoms with Crippen molar-refractivity contribution in [3.63, 3.8) is 0 Å². The molecule has 2 fully saturated rings. The van der Waals surface area contributed by atoms with Crippen LogP contribution in [-0.4, -0.2) is 86.0 Å². The molecular weight excluding hydrogens is 627 g/mol. The van der Waals surface area contributed by atoms with Crippen LogP contribution in [0.1, 0.15) is 19.3 Å². The van der Waals surface area contributed by atoms with Crippen LogP contribution in [0.2, 0.25) is 0 Å². The van der Waals surface area contributed by atoms with Gasteiger partial charge in [0.05, 0.1) is 49.8 Å². The van der Waals surface area contributed by atoms with Gasteiger partial charge in [-0.15, -0.1) is 12.4 Å². The lowest BCUT2D eigenvalue weighted by atomic mass is 10.0. The lowest BCUT2D eigenvalue weighted by molar-refractivity contribution is 0.0477. The van der Waals surface area contributed by atoms with E-state index < -0.39 is 44.8 Å². The van der Waals surface area contributed by atoms with Gasteiger partial charge >= 0.3 is 10.2 Å². The van der Waals surface area contributed by atoms with Gasteiger partial charge in [0.15, 0.2) is 5.82 Å². The largest absolute Gasteiger partial charge is 0.378 e. The van der Waals surface area contributed by atoms with Crippen LogP contribution in [0.15, 0.2) is 29.2 Å². The van der Waals surface area contributed by atoms with Crippen molar-refractivity contribution in [1.29, 1.82) is 0 Å². The smallest absolute Gasteiger partial charge is 0.301 e. The number of pyridine rings is 1. The number of benzene rings is 1. The number of nitrogens with zero attached hydrogens (tertiary/aromatic N) is 4. The third-order valence-corrected chi connectivity index (χ3v) is 8.69. The van der Waals surface area contributed by atoms with Crippen LogP contribution in [0, 0.1) is 17.6 Å². The molecule has 1 atom stereocenters. The van der Waals surface area contributed by atoms with Crippen molar-refractivity contribution < 1.29 is 31.1 Å². The zero-order valence-corrected chi connectivity index (χ0v) is 25.4. The molecular formula is C27H35ClF3N7O5S. The minimum Gasteiger partial charge on any atom is -0.378 e. The van der Waals surface area contributed by atoms with Gasteiger partial charge in [0.25, 0.3) is 5.56 Å². The SMILES string of the molecule is Cl.NCCOCCOCCn1c(=O)c(-c2c(F)ccc(NS(=O)(=O)N3CC[C@@H](F)C3)c2F)cc2cnc(NCC3CC3)nc21. The van der Waals surface area contributed by atoms with Crippen LogP contribution in [0.3, 0.4) is 0 Å². The van der Waals surface area contributed by atoms with Gasteiger partial charge in [-0.1, -0.05) is 0 Å². The summed E-state index contributed by atoms with van der Waals surface area (Å²) in [5.41, 5.74) is 3.21. The van der Waals surface area contributed by atoms with E-state index in [1.807, 2.05) is 0 Å². The minimum atomic E-state index is -4.33. The predicted molar refractivity (Wildman–Crippen MR) is 162 cm³/mol. The second kappa shape index (κ2) is 14.8. The van der Waals surface area contributed by atoms with Crippen LogP contribution < -0.4 is 21.3 Å². The molecule has 3 aromatic rings. The highest BCUT2D eigenvalue weighted by atomic mass is 35.5. The Morgan fingerprint density at radius 2 is 1.84 bits per heavy atom. The van der Waals surface area contributed by atoms with Gasteiger partial charge in [-0.2, -0.15) is 17.7 Å². The molecule has 0 radical (unpaired) electrons. The topological polar surface area (TPSA) is 154 Å².